The quantitative estimate of drug-likeness (QED) is 0.414. The van der Waals surface area contributed by atoms with Gasteiger partial charge in [0.2, 0.25) is 0 Å². The van der Waals surface area contributed by atoms with E-state index in [1.54, 1.807) is 21.6 Å². The predicted molar refractivity (Wildman–Crippen MR) is 133 cm³/mol. The summed E-state index contributed by atoms with van der Waals surface area (Å²) >= 11 is 0. The van der Waals surface area contributed by atoms with E-state index in [9.17, 15) is 13.2 Å². The van der Waals surface area contributed by atoms with E-state index in [1.165, 1.54) is 6.07 Å². The van der Waals surface area contributed by atoms with Crippen LogP contribution in [0.2, 0.25) is 0 Å². The van der Waals surface area contributed by atoms with Gasteiger partial charge in [0.25, 0.3) is 10.0 Å². The topological polar surface area (TPSA) is 133 Å². The molecule has 1 fully saturated rings. The van der Waals surface area contributed by atoms with Crippen LogP contribution in [-0.4, -0.2) is 45.7 Å². The van der Waals surface area contributed by atoms with Crippen molar-refractivity contribution < 1.29 is 17.9 Å². The summed E-state index contributed by atoms with van der Waals surface area (Å²) in [5.41, 5.74) is 6.04. The molecule has 37 heavy (non-hydrogen) atoms. The maximum atomic E-state index is 13.1. The van der Waals surface area contributed by atoms with Gasteiger partial charge >= 0.3 is 6.03 Å². The minimum Gasteiger partial charge on any atom is -0.370 e. The van der Waals surface area contributed by atoms with Crippen LogP contribution in [0.1, 0.15) is 42.2 Å². The van der Waals surface area contributed by atoms with Crippen LogP contribution in [0.5, 0.6) is 0 Å². The van der Waals surface area contributed by atoms with Crippen LogP contribution < -0.4 is 10.0 Å². The molecule has 0 unspecified atom stereocenters. The number of carbonyl (C=O) groups is 1. The predicted octanol–water partition coefficient (Wildman–Crippen LogP) is 3.07. The largest absolute Gasteiger partial charge is 0.370 e. The Labute approximate surface area is 212 Å². The molecule has 4 heterocycles. The lowest BCUT2D eigenvalue weighted by molar-refractivity contribution is 0.00273. The van der Waals surface area contributed by atoms with Gasteiger partial charge in [-0.2, -0.15) is 13.5 Å². The Morgan fingerprint density at radius 1 is 1.14 bits per heavy atom. The van der Waals surface area contributed by atoms with Crippen molar-refractivity contribution in [3.8, 4) is 11.1 Å². The number of fused-ring (bicyclic) bond motifs is 3. The van der Waals surface area contributed by atoms with Gasteiger partial charge in [0, 0.05) is 17.8 Å². The Kier molecular flexibility index (Phi) is 5.08. The van der Waals surface area contributed by atoms with Crippen molar-refractivity contribution in [2.45, 2.75) is 49.8 Å². The zero-order valence-electron chi connectivity index (χ0n) is 19.9. The van der Waals surface area contributed by atoms with Crippen molar-refractivity contribution in [3.05, 3.63) is 59.5 Å². The van der Waals surface area contributed by atoms with Crippen molar-refractivity contribution >= 4 is 27.3 Å². The van der Waals surface area contributed by atoms with E-state index in [1.807, 2.05) is 18.2 Å². The van der Waals surface area contributed by atoms with Crippen molar-refractivity contribution in [1.29, 1.82) is 0 Å². The Bertz CT molecular complexity index is 1650. The minimum atomic E-state index is -4.18. The third-order valence-electron chi connectivity index (χ3n) is 7.37. The second-order valence-electron chi connectivity index (χ2n) is 9.82. The van der Waals surface area contributed by atoms with E-state index in [-0.39, 0.29) is 11.1 Å². The number of hydrogen-bond donors (Lipinski definition) is 2. The lowest BCUT2D eigenvalue weighted by Gasteiger charge is -2.23. The van der Waals surface area contributed by atoms with Crippen molar-refractivity contribution in [1.82, 2.24) is 29.3 Å². The molecule has 2 amide bonds. The number of urea groups is 1. The molecule has 1 aromatic carbocycles. The van der Waals surface area contributed by atoms with E-state index in [4.69, 9.17) is 4.74 Å². The van der Waals surface area contributed by atoms with Crippen LogP contribution in [0.25, 0.3) is 16.6 Å². The fraction of sp³-hybridized carbons (Fsp3) is 0.360. The normalized spacial score (nSPS) is 19.0. The van der Waals surface area contributed by atoms with Gasteiger partial charge in [-0.05, 0) is 66.8 Å². The fourth-order valence-electron chi connectivity index (χ4n) is 5.43. The average Bonchev–Trinajstić information content (AvgIpc) is 3.26. The van der Waals surface area contributed by atoms with Gasteiger partial charge < -0.3 is 10.1 Å². The summed E-state index contributed by atoms with van der Waals surface area (Å²) in [6, 6.07) is 8.57. The molecular formula is C25H25N7O4S. The van der Waals surface area contributed by atoms with E-state index in [0.29, 0.717) is 24.8 Å². The first-order chi connectivity index (χ1) is 18.0. The number of rotatable bonds is 5. The van der Waals surface area contributed by atoms with Crippen LogP contribution >= 0.6 is 0 Å². The minimum absolute atomic E-state index is 0.142. The highest BCUT2D eigenvalue weighted by Crippen LogP contribution is 2.45. The van der Waals surface area contributed by atoms with Crippen molar-refractivity contribution in [3.63, 3.8) is 0 Å². The molecule has 12 heteroatoms. The highest BCUT2D eigenvalue weighted by atomic mass is 32.2. The Morgan fingerprint density at radius 3 is 2.89 bits per heavy atom. The van der Waals surface area contributed by atoms with Crippen LogP contribution in [0.4, 0.5) is 10.5 Å². The summed E-state index contributed by atoms with van der Waals surface area (Å²) < 4.78 is 37.7. The monoisotopic (exact) mass is 519 g/mol. The zero-order valence-corrected chi connectivity index (χ0v) is 20.7. The lowest BCUT2D eigenvalue weighted by Crippen LogP contribution is -2.35. The number of aryl methyl sites for hydroxylation is 1. The van der Waals surface area contributed by atoms with Crippen LogP contribution in [-0.2, 0) is 34.1 Å². The van der Waals surface area contributed by atoms with E-state index >= 15 is 0 Å². The highest BCUT2D eigenvalue weighted by molar-refractivity contribution is 7.90. The van der Waals surface area contributed by atoms with Gasteiger partial charge in [-0.25, -0.2) is 14.0 Å². The first-order valence-electron chi connectivity index (χ1n) is 12.4. The summed E-state index contributed by atoms with van der Waals surface area (Å²) in [4.78, 5) is 13.1. The smallest absolute Gasteiger partial charge is 0.333 e. The van der Waals surface area contributed by atoms with Gasteiger partial charge in [0.05, 0.1) is 36.2 Å². The molecule has 2 N–H and O–H groups in total. The molecule has 1 atom stereocenters. The summed E-state index contributed by atoms with van der Waals surface area (Å²) in [5, 5.41) is 14.9. The van der Waals surface area contributed by atoms with Gasteiger partial charge in [0.1, 0.15) is 6.10 Å². The second kappa shape index (κ2) is 8.38. The molecule has 0 radical (unpaired) electrons. The lowest BCUT2D eigenvalue weighted by atomic mass is 9.97. The Hall–Kier alpha value is -3.77. The maximum absolute atomic E-state index is 13.1. The number of sulfonamides is 1. The zero-order chi connectivity index (χ0) is 25.1. The van der Waals surface area contributed by atoms with E-state index in [0.717, 1.165) is 65.6 Å². The average molecular weight is 520 g/mol. The number of pyridine rings is 1. The number of aromatic nitrogens is 5. The molecule has 0 bridgehead atoms. The third-order valence-corrected chi connectivity index (χ3v) is 8.57. The Balaban J connectivity index is 1.18. The van der Waals surface area contributed by atoms with Crippen LogP contribution in [0.15, 0.2) is 47.8 Å². The second-order valence-corrected chi connectivity index (χ2v) is 11.4. The first-order valence-corrected chi connectivity index (χ1v) is 13.9. The number of carbonyl (C=O) groups excluding carboxylic acids is 1. The molecule has 0 saturated heterocycles. The van der Waals surface area contributed by atoms with Gasteiger partial charge in [-0.1, -0.05) is 17.3 Å². The number of ether oxygens (including phenoxy) is 1. The van der Waals surface area contributed by atoms with Crippen LogP contribution in [0, 0.1) is 5.92 Å². The van der Waals surface area contributed by atoms with E-state index in [2.05, 4.69) is 31.5 Å². The number of anilines is 1. The van der Waals surface area contributed by atoms with Gasteiger partial charge in [-0.3, -0.25) is 4.68 Å². The third kappa shape index (κ3) is 3.96. The molecule has 1 saturated carbocycles. The number of nitrogens with one attached hydrogen (secondary N) is 2. The standard InChI is InChI=1S/C25H25N7O4S/c33-25(29-37(34,35)22-13-21-24(16-4-5-16)36-11-10-32(21)28-22)27-23-19-3-1-2-15(19)6-7-20(23)17-8-9-31-18(12-17)14-26-30-31/h6-9,12-14,16,24H,1-5,10-11H2,(H2,27,29,33)/t24-/m1/s1. The fourth-order valence-corrected chi connectivity index (χ4v) is 6.32. The molecule has 1 aliphatic heterocycles. The molecule has 0 spiro atoms. The van der Waals surface area contributed by atoms with Crippen molar-refractivity contribution in [2.75, 3.05) is 11.9 Å². The molecule has 2 aliphatic carbocycles. The Morgan fingerprint density at radius 2 is 2.03 bits per heavy atom. The maximum Gasteiger partial charge on any atom is 0.333 e. The molecule has 3 aromatic heterocycles. The molecule has 7 rings (SSSR count). The van der Waals surface area contributed by atoms with Crippen LogP contribution in [0.3, 0.4) is 0 Å². The molecule has 190 valence electrons. The van der Waals surface area contributed by atoms with E-state index < -0.39 is 16.1 Å². The number of amides is 2. The summed E-state index contributed by atoms with van der Waals surface area (Å²) in [6.45, 7) is 0.975. The van der Waals surface area contributed by atoms with Gasteiger partial charge in [-0.15, -0.1) is 5.10 Å². The summed E-state index contributed by atoms with van der Waals surface area (Å²) in [5.74, 6) is 0.402. The van der Waals surface area contributed by atoms with Crippen molar-refractivity contribution in [2.24, 2.45) is 5.92 Å². The first kappa shape index (κ1) is 22.4. The molecule has 4 aromatic rings. The van der Waals surface area contributed by atoms with Gasteiger partial charge in [0.15, 0.2) is 5.03 Å². The number of hydrogen-bond acceptors (Lipinski definition) is 7. The number of benzene rings is 1. The molecule has 3 aliphatic rings. The summed E-state index contributed by atoms with van der Waals surface area (Å²) in [6.07, 6.45) is 8.14. The highest BCUT2D eigenvalue weighted by Gasteiger charge is 2.38. The molecule has 11 nitrogen and oxygen atoms in total. The summed E-state index contributed by atoms with van der Waals surface area (Å²) in [7, 11) is -4.18. The molecular weight excluding hydrogens is 494 g/mol. The number of nitrogens with zero attached hydrogens (tertiary/aromatic N) is 5. The SMILES string of the molecule is O=C(Nc1c(-c2ccn3nncc3c2)ccc2c1CCC2)NS(=O)(=O)c1cc2n(n1)CCO[C@@H]2C1CC1.